The van der Waals surface area contributed by atoms with Crippen LogP contribution in [0.25, 0.3) is 0 Å². The van der Waals surface area contributed by atoms with E-state index in [1.54, 1.807) is 0 Å². The van der Waals surface area contributed by atoms with Crippen molar-refractivity contribution in [2.45, 2.75) is 23.0 Å². The van der Waals surface area contributed by atoms with Crippen molar-refractivity contribution in [2.24, 2.45) is 5.73 Å². The standard InChI is InChI=1S/C16H16ClF2NO2S.ClH/c17-11-3-6-13(7-4-11)23(21,22)16(2-1-9-20)14-10-12(18)5-8-15(14)19;/h3-8,10,16H,1-2,9,20H2;1H. The SMILES string of the molecule is Cl.NCCCC(c1cc(F)ccc1F)S(=O)(=O)c1ccc(Cl)cc1. The molecule has 3 nitrogen and oxygen atoms in total. The van der Waals surface area contributed by atoms with Crippen LogP contribution < -0.4 is 5.73 Å². The van der Waals surface area contributed by atoms with Crippen molar-refractivity contribution in [3.63, 3.8) is 0 Å². The minimum Gasteiger partial charge on any atom is -0.330 e. The molecule has 0 bridgehead atoms. The van der Waals surface area contributed by atoms with E-state index in [0.717, 1.165) is 18.2 Å². The lowest BCUT2D eigenvalue weighted by atomic mass is 10.1. The maximum absolute atomic E-state index is 14.1. The molecule has 0 saturated carbocycles. The predicted octanol–water partition coefficient (Wildman–Crippen LogP) is 4.29. The van der Waals surface area contributed by atoms with Gasteiger partial charge in [0, 0.05) is 10.6 Å². The van der Waals surface area contributed by atoms with Gasteiger partial charge in [0.05, 0.1) is 10.1 Å². The molecule has 1 unspecified atom stereocenters. The first-order valence-corrected chi connectivity index (χ1v) is 8.93. The number of sulfone groups is 1. The van der Waals surface area contributed by atoms with Gasteiger partial charge in [0.15, 0.2) is 9.84 Å². The highest BCUT2D eigenvalue weighted by Crippen LogP contribution is 2.34. The molecule has 0 aliphatic heterocycles. The normalized spacial score (nSPS) is 12.5. The van der Waals surface area contributed by atoms with Gasteiger partial charge in [-0.05, 0) is 61.9 Å². The maximum Gasteiger partial charge on any atom is 0.185 e. The summed E-state index contributed by atoms with van der Waals surface area (Å²) >= 11 is 5.77. The summed E-state index contributed by atoms with van der Waals surface area (Å²) in [7, 11) is -3.90. The van der Waals surface area contributed by atoms with Crippen molar-refractivity contribution in [3.8, 4) is 0 Å². The van der Waals surface area contributed by atoms with Gasteiger partial charge >= 0.3 is 0 Å². The van der Waals surface area contributed by atoms with E-state index >= 15 is 0 Å². The van der Waals surface area contributed by atoms with Gasteiger partial charge in [-0.3, -0.25) is 0 Å². The molecule has 0 radical (unpaired) electrons. The Morgan fingerprint density at radius 1 is 1.08 bits per heavy atom. The van der Waals surface area contributed by atoms with Crippen LogP contribution in [0, 0.1) is 11.6 Å². The number of rotatable bonds is 6. The van der Waals surface area contributed by atoms with Crippen molar-refractivity contribution < 1.29 is 17.2 Å². The molecule has 0 aliphatic rings. The third kappa shape index (κ3) is 4.66. The first-order chi connectivity index (χ1) is 10.9. The van der Waals surface area contributed by atoms with Gasteiger partial charge in [-0.1, -0.05) is 11.6 Å². The Labute approximate surface area is 151 Å². The van der Waals surface area contributed by atoms with Gasteiger partial charge < -0.3 is 5.73 Å². The lowest BCUT2D eigenvalue weighted by molar-refractivity contribution is 0.547. The van der Waals surface area contributed by atoms with E-state index in [1.807, 2.05) is 0 Å². The van der Waals surface area contributed by atoms with Crippen LogP contribution in [0.5, 0.6) is 0 Å². The molecule has 0 heterocycles. The molecule has 0 amide bonds. The average molecular weight is 396 g/mol. The lowest BCUT2D eigenvalue weighted by Gasteiger charge is -2.19. The number of nitrogens with two attached hydrogens (primary N) is 1. The number of benzene rings is 2. The molecular formula is C16H17Cl2F2NO2S. The van der Waals surface area contributed by atoms with Crippen molar-refractivity contribution in [2.75, 3.05) is 6.54 Å². The average Bonchev–Trinajstić information content (AvgIpc) is 2.51. The van der Waals surface area contributed by atoms with E-state index in [-0.39, 0.29) is 35.8 Å². The molecule has 2 aromatic carbocycles. The third-order valence-corrected chi connectivity index (χ3v) is 5.91. The lowest BCUT2D eigenvalue weighted by Crippen LogP contribution is -2.17. The van der Waals surface area contributed by atoms with Gasteiger partial charge in [0.1, 0.15) is 11.6 Å². The summed E-state index contributed by atoms with van der Waals surface area (Å²) in [6.45, 7) is 0.254. The van der Waals surface area contributed by atoms with Crippen LogP contribution in [0.15, 0.2) is 47.4 Å². The minimum absolute atomic E-state index is 0. The third-order valence-electron chi connectivity index (χ3n) is 3.49. The highest BCUT2D eigenvalue weighted by atomic mass is 35.5. The first-order valence-electron chi connectivity index (χ1n) is 7.00. The van der Waals surface area contributed by atoms with Gasteiger partial charge in [0.2, 0.25) is 0 Å². The molecule has 2 N–H and O–H groups in total. The van der Waals surface area contributed by atoms with Crippen LogP contribution in [0.3, 0.4) is 0 Å². The highest BCUT2D eigenvalue weighted by Gasteiger charge is 2.31. The van der Waals surface area contributed by atoms with Crippen LogP contribution in [0.4, 0.5) is 8.78 Å². The molecule has 0 fully saturated rings. The maximum atomic E-state index is 14.1. The molecule has 0 aliphatic carbocycles. The molecule has 0 saturated heterocycles. The summed E-state index contributed by atoms with van der Waals surface area (Å²) in [5.41, 5.74) is 5.26. The van der Waals surface area contributed by atoms with Crippen molar-refractivity contribution >= 4 is 33.8 Å². The van der Waals surface area contributed by atoms with Crippen LogP contribution in [0.2, 0.25) is 5.02 Å². The smallest absolute Gasteiger partial charge is 0.185 e. The zero-order valence-electron chi connectivity index (χ0n) is 12.6. The van der Waals surface area contributed by atoms with E-state index in [4.69, 9.17) is 17.3 Å². The second-order valence-electron chi connectivity index (χ2n) is 5.08. The van der Waals surface area contributed by atoms with E-state index < -0.39 is 26.7 Å². The monoisotopic (exact) mass is 395 g/mol. The van der Waals surface area contributed by atoms with Crippen molar-refractivity contribution in [1.82, 2.24) is 0 Å². The minimum atomic E-state index is -3.90. The zero-order valence-corrected chi connectivity index (χ0v) is 15.0. The fourth-order valence-electron chi connectivity index (χ4n) is 2.33. The Balaban J connectivity index is 0.00000288. The van der Waals surface area contributed by atoms with E-state index in [1.165, 1.54) is 24.3 Å². The fraction of sp³-hybridized carbons (Fsp3) is 0.250. The second kappa shape index (κ2) is 8.76. The van der Waals surface area contributed by atoms with Gasteiger partial charge in [-0.2, -0.15) is 0 Å². The van der Waals surface area contributed by atoms with E-state index in [2.05, 4.69) is 0 Å². The molecule has 24 heavy (non-hydrogen) atoms. The summed E-state index contributed by atoms with van der Waals surface area (Å²) in [6, 6.07) is 8.39. The van der Waals surface area contributed by atoms with Crippen LogP contribution in [-0.4, -0.2) is 15.0 Å². The molecule has 2 aromatic rings. The molecular weight excluding hydrogens is 379 g/mol. The Bertz CT molecular complexity index is 783. The Kier molecular flexibility index (Phi) is 7.60. The quantitative estimate of drug-likeness (QED) is 0.792. The molecule has 132 valence electrons. The largest absolute Gasteiger partial charge is 0.330 e. The molecule has 0 aromatic heterocycles. The van der Waals surface area contributed by atoms with Gasteiger partial charge in [-0.15, -0.1) is 12.4 Å². The molecule has 0 spiro atoms. The number of halogens is 4. The van der Waals surface area contributed by atoms with Crippen molar-refractivity contribution in [3.05, 3.63) is 64.7 Å². The van der Waals surface area contributed by atoms with Gasteiger partial charge in [-0.25, -0.2) is 17.2 Å². The summed E-state index contributed by atoms with van der Waals surface area (Å²) in [5.74, 6) is -1.45. The fourth-order valence-corrected chi connectivity index (χ4v) is 4.29. The van der Waals surface area contributed by atoms with Crippen LogP contribution >= 0.6 is 24.0 Å². The summed E-state index contributed by atoms with van der Waals surface area (Å²) in [6.07, 6.45) is 0.468. The first kappa shape index (κ1) is 20.8. The van der Waals surface area contributed by atoms with Crippen molar-refractivity contribution in [1.29, 1.82) is 0 Å². The Morgan fingerprint density at radius 2 is 1.71 bits per heavy atom. The highest BCUT2D eigenvalue weighted by molar-refractivity contribution is 7.91. The molecule has 8 heteroatoms. The van der Waals surface area contributed by atoms with Crippen LogP contribution in [0.1, 0.15) is 23.7 Å². The van der Waals surface area contributed by atoms with E-state index in [9.17, 15) is 17.2 Å². The van der Waals surface area contributed by atoms with Gasteiger partial charge in [0.25, 0.3) is 0 Å². The second-order valence-corrected chi connectivity index (χ2v) is 7.65. The predicted molar refractivity (Wildman–Crippen MR) is 93.3 cm³/mol. The Morgan fingerprint density at radius 3 is 2.29 bits per heavy atom. The summed E-state index contributed by atoms with van der Waals surface area (Å²) < 4.78 is 53.2. The number of hydrogen-bond donors (Lipinski definition) is 1. The molecule has 2 rings (SSSR count). The molecule has 1 atom stereocenters. The zero-order chi connectivity index (χ0) is 17.0. The van der Waals surface area contributed by atoms with E-state index in [0.29, 0.717) is 11.4 Å². The summed E-state index contributed by atoms with van der Waals surface area (Å²) in [4.78, 5) is 0.00702. The summed E-state index contributed by atoms with van der Waals surface area (Å²) in [5, 5.41) is -0.817. The number of hydrogen-bond acceptors (Lipinski definition) is 3. The Hall–Kier alpha value is -1.21. The topological polar surface area (TPSA) is 60.2 Å². The van der Waals surface area contributed by atoms with Crippen LogP contribution in [-0.2, 0) is 9.84 Å².